The van der Waals surface area contributed by atoms with Gasteiger partial charge in [-0.3, -0.25) is 10.5 Å². The first-order valence-electron chi connectivity index (χ1n) is 2.14. The van der Waals surface area contributed by atoms with Gasteiger partial charge in [0.25, 0.3) is 0 Å². The summed E-state index contributed by atoms with van der Waals surface area (Å²) in [4.78, 5) is 9.61. The summed E-state index contributed by atoms with van der Waals surface area (Å²) in [6, 6.07) is 0. The lowest BCUT2D eigenvalue weighted by Gasteiger charge is -2.05. The summed E-state index contributed by atoms with van der Waals surface area (Å²) in [6.45, 7) is 1.16. The maximum absolute atomic E-state index is 11.7. The van der Waals surface area contributed by atoms with E-state index >= 15 is 0 Å². The van der Waals surface area contributed by atoms with Gasteiger partial charge >= 0.3 is 11.8 Å². The Morgan fingerprint density at radius 2 is 2.12 bits per heavy atom. The minimum atomic E-state index is -3.43. The SMILES string of the molecule is CCC(F)(F)C([NH])=O. The number of halogens is 2. The quantitative estimate of drug-likeness (QED) is 0.535. The van der Waals surface area contributed by atoms with Crippen LogP contribution < -0.4 is 5.73 Å². The molecule has 0 unspecified atom stereocenters. The van der Waals surface area contributed by atoms with E-state index in [2.05, 4.69) is 0 Å². The minimum Gasteiger partial charge on any atom is -0.266 e. The molecule has 0 saturated heterocycles. The van der Waals surface area contributed by atoms with Crippen molar-refractivity contribution in [2.75, 3.05) is 0 Å². The Labute approximate surface area is 45.7 Å². The van der Waals surface area contributed by atoms with E-state index in [4.69, 9.17) is 5.73 Å². The van der Waals surface area contributed by atoms with Crippen LogP contribution in [0.5, 0.6) is 0 Å². The van der Waals surface area contributed by atoms with E-state index in [1.165, 1.54) is 0 Å². The van der Waals surface area contributed by atoms with Gasteiger partial charge in [-0.05, 0) is 0 Å². The van der Waals surface area contributed by atoms with Gasteiger partial charge < -0.3 is 0 Å². The van der Waals surface area contributed by atoms with Gasteiger partial charge in [0.05, 0.1) is 0 Å². The summed E-state index contributed by atoms with van der Waals surface area (Å²) in [6.07, 6.45) is -0.588. The third-order valence-electron chi connectivity index (χ3n) is 0.776. The Bertz CT molecular complexity index is 102. The first-order chi connectivity index (χ1) is 3.50. The predicted octanol–water partition coefficient (Wildman–Crippen LogP) is 0.841. The molecule has 0 aliphatic rings. The van der Waals surface area contributed by atoms with Crippen molar-refractivity contribution in [2.24, 2.45) is 0 Å². The second-order valence-electron chi connectivity index (χ2n) is 1.39. The van der Waals surface area contributed by atoms with Crippen LogP contribution in [0.25, 0.3) is 0 Å². The molecule has 1 radical (unpaired) electrons. The topological polar surface area (TPSA) is 40.9 Å². The average Bonchev–Trinajstić information content (AvgIpc) is 1.67. The van der Waals surface area contributed by atoms with Gasteiger partial charge in [0.1, 0.15) is 0 Å². The van der Waals surface area contributed by atoms with Crippen molar-refractivity contribution < 1.29 is 13.6 Å². The Hall–Kier alpha value is -0.670. The van der Waals surface area contributed by atoms with E-state index < -0.39 is 18.3 Å². The fourth-order valence-electron chi connectivity index (χ4n) is 0.161. The smallest absolute Gasteiger partial charge is 0.266 e. The number of nitrogens with one attached hydrogen (secondary N) is 1. The number of carbonyl (C=O) groups excluding carboxylic acids is 1. The molecule has 1 N–H and O–H groups in total. The van der Waals surface area contributed by atoms with E-state index in [1.54, 1.807) is 0 Å². The Balaban J connectivity index is 3.91. The number of carbonyl (C=O) groups is 1. The molecule has 47 valence electrons. The molecule has 2 nitrogen and oxygen atoms in total. The fraction of sp³-hybridized carbons (Fsp3) is 0.750. The Morgan fingerprint density at radius 3 is 2.12 bits per heavy atom. The van der Waals surface area contributed by atoms with E-state index in [-0.39, 0.29) is 0 Å². The molecular weight excluding hydrogens is 116 g/mol. The van der Waals surface area contributed by atoms with Crippen LogP contribution in [0.1, 0.15) is 13.3 Å². The molecule has 0 aliphatic heterocycles. The molecule has 0 rings (SSSR count). The van der Waals surface area contributed by atoms with Crippen LogP contribution in [-0.4, -0.2) is 11.8 Å². The van der Waals surface area contributed by atoms with Crippen molar-refractivity contribution in [1.82, 2.24) is 5.73 Å². The number of rotatable bonds is 2. The van der Waals surface area contributed by atoms with Gasteiger partial charge in [-0.15, -0.1) is 0 Å². The molecule has 8 heavy (non-hydrogen) atoms. The highest BCUT2D eigenvalue weighted by Gasteiger charge is 2.34. The van der Waals surface area contributed by atoms with E-state index in [9.17, 15) is 13.6 Å². The van der Waals surface area contributed by atoms with Crippen molar-refractivity contribution in [1.29, 1.82) is 0 Å². The molecule has 0 aromatic rings. The van der Waals surface area contributed by atoms with Crippen LogP contribution in [0.2, 0.25) is 0 Å². The summed E-state index contributed by atoms with van der Waals surface area (Å²) in [7, 11) is 0. The molecule has 4 heteroatoms. The molecule has 1 amide bonds. The second kappa shape index (κ2) is 2.07. The largest absolute Gasteiger partial charge is 0.326 e. The molecule has 0 aromatic heterocycles. The standard InChI is InChI=1S/C4H6F2NO/c1-2-4(5,6)3(7)8/h7H,2H2,1H3. The zero-order chi connectivity index (χ0) is 6.78. The lowest BCUT2D eigenvalue weighted by atomic mass is 10.2. The van der Waals surface area contributed by atoms with Crippen molar-refractivity contribution >= 4 is 5.91 Å². The minimum absolute atomic E-state index is 0.588. The van der Waals surface area contributed by atoms with Gasteiger partial charge in [-0.2, -0.15) is 8.78 Å². The summed E-state index contributed by atoms with van der Waals surface area (Å²) in [5.74, 6) is -5.24. The van der Waals surface area contributed by atoms with E-state index in [1.807, 2.05) is 0 Å². The molecule has 0 aliphatic carbocycles. The highest BCUT2D eigenvalue weighted by molar-refractivity contribution is 5.80. The van der Waals surface area contributed by atoms with Gasteiger partial charge in [0.15, 0.2) is 0 Å². The van der Waals surface area contributed by atoms with Crippen LogP contribution in [0, 0.1) is 0 Å². The third kappa shape index (κ3) is 1.44. The van der Waals surface area contributed by atoms with Crippen molar-refractivity contribution in [3.63, 3.8) is 0 Å². The van der Waals surface area contributed by atoms with E-state index in [0.29, 0.717) is 0 Å². The molecule has 0 fully saturated rings. The number of alkyl halides is 2. The number of amides is 1. The zero-order valence-corrected chi connectivity index (χ0v) is 4.37. The van der Waals surface area contributed by atoms with Gasteiger partial charge in [0, 0.05) is 6.42 Å². The normalized spacial score (nSPS) is 11.4. The van der Waals surface area contributed by atoms with Crippen LogP contribution in [0.15, 0.2) is 0 Å². The molecule has 0 atom stereocenters. The molecule has 0 aromatic carbocycles. The Kier molecular flexibility index (Phi) is 1.89. The monoisotopic (exact) mass is 122 g/mol. The Morgan fingerprint density at radius 1 is 1.75 bits per heavy atom. The summed E-state index contributed by atoms with van der Waals surface area (Å²) >= 11 is 0. The average molecular weight is 122 g/mol. The second-order valence-corrected chi connectivity index (χ2v) is 1.39. The van der Waals surface area contributed by atoms with Crippen LogP contribution in [-0.2, 0) is 4.79 Å². The van der Waals surface area contributed by atoms with Gasteiger partial charge in [0.2, 0.25) is 0 Å². The third-order valence-corrected chi connectivity index (χ3v) is 0.776. The maximum Gasteiger partial charge on any atom is 0.326 e. The van der Waals surface area contributed by atoms with Crippen LogP contribution in [0.4, 0.5) is 8.78 Å². The van der Waals surface area contributed by atoms with Gasteiger partial charge in [-0.1, -0.05) is 6.92 Å². The van der Waals surface area contributed by atoms with Crippen molar-refractivity contribution in [3.8, 4) is 0 Å². The van der Waals surface area contributed by atoms with Crippen molar-refractivity contribution in [3.05, 3.63) is 0 Å². The molecule has 0 bridgehead atoms. The molecule has 0 heterocycles. The predicted molar refractivity (Wildman–Crippen MR) is 23.3 cm³/mol. The lowest BCUT2D eigenvalue weighted by Crippen LogP contribution is -2.27. The van der Waals surface area contributed by atoms with Gasteiger partial charge in [-0.25, -0.2) is 0 Å². The fourth-order valence-corrected chi connectivity index (χ4v) is 0.161. The number of hydrogen-bond acceptors (Lipinski definition) is 1. The van der Waals surface area contributed by atoms with Crippen LogP contribution >= 0.6 is 0 Å². The molecule has 0 spiro atoms. The van der Waals surface area contributed by atoms with Crippen LogP contribution in [0.3, 0.4) is 0 Å². The van der Waals surface area contributed by atoms with E-state index in [0.717, 1.165) is 6.92 Å². The first kappa shape index (κ1) is 7.33. The summed E-state index contributed by atoms with van der Waals surface area (Å²) < 4.78 is 23.5. The highest BCUT2D eigenvalue weighted by atomic mass is 19.3. The zero-order valence-electron chi connectivity index (χ0n) is 4.37. The summed E-state index contributed by atoms with van der Waals surface area (Å²) in [5.41, 5.74) is 5.99. The maximum atomic E-state index is 11.7. The summed E-state index contributed by atoms with van der Waals surface area (Å²) in [5, 5.41) is 0. The molecular formula is C4H6F2NO. The number of hydrogen-bond donors (Lipinski definition) is 0. The highest BCUT2D eigenvalue weighted by Crippen LogP contribution is 2.16. The first-order valence-corrected chi connectivity index (χ1v) is 2.14. The lowest BCUT2D eigenvalue weighted by molar-refractivity contribution is -0.142. The molecule has 0 saturated carbocycles. The van der Waals surface area contributed by atoms with Crippen molar-refractivity contribution in [2.45, 2.75) is 19.3 Å².